The van der Waals surface area contributed by atoms with E-state index < -0.39 is 17.6 Å². The number of anilines is 2. The number of rotatable bonds is 4. The van der Waals surface area contributed by atoms with Gasteiger partial charge >= 0.3 is 6.18 Å². The lowest BCUT2D eigenvalue weighted by molar-refractivity contribution is -0.138. The first-order chi connectivity index (χ1) is 19.6. The molecule has 1 aliphatic rings. The summed E-state index contributed by atoms with van der Waals surface area (Å²) in [7, 11) is 1.99. The Morgan fingerprint density at radius 2 is 1.68 bits per heavy atom. The minimum absolute atomic E-state index is 0.0529. The Balaban J connectivity index is 1.37. The van der Waals surface area contributed by atoms with Gasteiger partial charge in [-0.1, -0.05) is 42.2 Å². The van der Waals surface area contributed by atoms with Crippen LogP contribution < -0.4 is 11.1 Å². The maximum Gasteiger partial charge on any atom is 0.416 e. The molecule has 2 aromatic carbocycles. The van der Waals surface area contributed by atoms with E-state index in [1.807, 2.05) is 36.2 Å². The minimum Gasteiger partial charge on any atom is -0.383 e. The van der Waals surface area contributed by atoms with Gasteiger partial charge in [-0.2, -0.15) is 13.2 Å². The Hall–Kier alpha value is -4.46. The van der Waals surface area contributed by atoms with Crippen LogP contribution in [0.3, 0.4) is 0 Å². The summed E-state index contributed by atoms with van der Waals surface area (Å²) in [5.41, 5.74) is 7.42. The summed E-state index contributed by atoms with van der Waals surface area (Å²) in [6, 6.07) is 13.0. The Labute approximate surface area is 236 Å². The molecule has 2 aromatic heterocycles. The highest BCUT2D eigenvalue weighted by Crippen LogP contribution is 2.35. The van der Waals surface area contributed by atoms with Crippen LogP contribution in [-0.4, -0.2) is 58.9 Å². The van der Waals surface area contributed by atoms with Gasteiger partial charge in [-0.25, -0.2) is 4.98 Å². The molecular formula is C31H29F3N6O. The van der Waals surface area contributed by atoms with Gasteiger partial charge in [0.05, 0.1) is 22.4 Å². The Kier molecular flexibility index (Phi) is 7.92. The normalized spacial score (nSPS) is 14.5. The van der Waals surface area contributed by atoms with Crippen molar-refractivity contribution in [2.24, 2.45) is 0 Å². The highest BCUT2D eigenvalue weighted by molar-refractivity contribution is 6.04. The van der Waals surface area contributed by atoms with Crippen molar-refractivity contribution >= 4 is 28.2 Å². The van der Waals surface area contributed by atoms with Gasteiger partial charge in [-0.05, 0) is 37.7 Å². The van der Waals surface area contributed by atoms with Crippen molar-refractivity contribution in [3.05, 3.63) is 94.4 Å². The number of likely N-dealkylation sites (N-methyl/N-ethyl adjacent to an activating group) is 1. The zero-order valence-corrected chi connectivity index (χ0v) is 22.7. The van der Waals surface area contributed by atoms with Crippen molar-refractivity contribution in [1.29, 1.82) is 0 Å². The largest absolute Gasteiger partial charge is 0.416 e. The first-order valence-corrected chi connectivity index (χ1v) is 13.1. The van der Waals surface area contributed by atoms with Crippen LogP contribution in [0, 0.1) is 18.8 Å². The summed E-state index contributed by atoms with van der Waals surface area (Å²) >= 11 is 0. The number of piperazine rings is 1. The number of alkyl halides is 3. The quantitative estimate of drug-likeness (QED) is 0.345. The van der Waals surface area contributed by atoms with Gasteiger partial charge in [0.15, 0.2) is 0 Å². The van der Waals surface area contributed by atoms with Crippen molar-refractivity contribution < 1.29 is 18.0 Å². The van der Waals surface area contributed by atoms with Crippen LogP contribution in [0.2, 0.25) is 0 Å². The van der Waals surface area contributed by atoms with Crippen LogP contribution in [0.4, 0.5) is 24.7 Å². The van der Waals surface area contributed by atoms with E-state index in [2.05, 4.69) is 32.0 Å². The predicted molar refractivity (Wildman–Crippen MR) is 153 cm³/mol. The third-order valence-corrected chi connectivity index (χ3v) is 7.17. The molecule has 1 fully saturated rings. The van der Waals surface area contributed by atoms with Crippen molar-refractivity contribution in [3.8, 4) is 11.8 Å². The molecule has 1 aliphatic heterocycles. The first-order valence-electron chi connectivity index (χ1n) is 13.1. The molecule has 0 saturated carbocycles. The zero-order chi connectivity index (χ0) is 29.1. The highest BCUT2D eigenvalue weighted by Gasteiger charge is 2.34. The molecule has 0 spiro atoms. The number of hydrogen-bond donors (Lipinski definition) is 2. The van der Waals surface area contributed by atoms with Crippen LogP contribution in [0.15, 0.2) is 60.9 Å². The molecule has 3 heterocycles. The van der Waals surface area contributed by atoms with Gasteiger partial charge in [-0.3, -0.25) is 14.7 Å². The van der Waals surface area contributed by atoms with Gasteiger partial charge in [0, 0.05) is 67.1 Å². The molecule has 3 N–H and O–H groups in total. The Bertz CT molecular complexity index is 1670. The van der Waals surface area contributed by atoms with E-state index in [4.69, 9.17) is 5.73 Å². The number of benzene rings is 2. The fraction of sp³-hybridized carbons (Fsp3) is 0.258. The molecule has 41 heavy (non-hydrogen) atoms. The number of carbonyl (C=O) groups excluding carboxylic acids is 1. The average Bonchev–Trinajstić information content (AvgIpc) is 2.95. The lowest BCUT2D eigenvalue weighted by Gasteiger charge is -2.33. The average molecular weight is 559 g/mol. The number of nitrogen functional groups attached to an aromatic ring is 1. The van der Waals surface area contributed by atoms with Crippen LogP contribution >= 0.6 is 0 Å². The molecule has 10 heteroatoms. The molecular weight excluding hydrogens is 529 g/mol. The van der Waals surface area contributed by atoms with Crippen LogP contribution in [-0.2, 0) is 12.7 Å². The number of amides is 1. The fourth-order valence-electron chi connectivity index (χ4n) is 4.74. The number of carbonyl (C=O) groups is 1. The number of hydrogen-bond acceptors (Lipinski definition) is 6. The van der Waals surface area contributed by atoms with Gasteiger partial charge in [0.25, 0.3) is 5.91 Å². The molecule has 7 nitrogen and oxygen atoms in total. The van der Waals surface area contributed by atoms with E-state index in [0.29, 0.717) is 35.7 Å². The van der Waals surface area contributed by atoms with Crippen molar-refractivity contribution in [2.45, 2.75) is 19.6 Å². The Morgan fingerprint density at radius 3 is 2.41 bits per heavy atom. The van der Waals surface area contributed by atoms with Crippen molar-refractivity contribution in [1.82, 2.24) is 19.8 Å². The van der Waals surface area contributed by atoms with Crippen molar-refractivity contribution in [3.63, 3.8) is 0 Å². The monoisotopic (exact) mass is 558 g/mol. The lowest BCUT2D eigenvalue weighted by atomic mass is 10.0. The third-order valence-electron chi connectivity index (χ3n) is 7.17. The smallest absolute Gasteiger partial charge is 0.383 e. The first kappa shape index (κ1) is 28.1. The topological polar surface area (TPSA) is 87.4 Å². The summed E-state index contributed by atoms with van der Waals surface area (Å²) in [6.07, 6.45) is -1.59. The second-order valence-corrected chi connectivity index (χ2v) is 10.1. The van der Waals surface area contributed by atoms with Gasteiger partial charge < -0.3 is 16.0 Å². The van der Waals surface area contributed by atoms with E-state index in [1.54, 1.807) is 19.2 Å². The van der Waals surface area contributed by atoms with Gasteiger partial charge in [0.2, 0.25) is 0 Å². The molecule has 4 aromatic rings. The SMILES string of the molecule is Cc1ncc(C(=O)Nc2ccc(CN3CCN(C)CC3)c(C(F)(F)F)c2)cc1C#Cc1cnc(N)c2ccccc12. The molecule has 0 aliphatic carbocycles. The standard InChI is InChI=1S/C31H29F3N6O/c1-20-21(7-8-22-17-37-29(35)27-6-4-3-5-26(22)27)15-24(18-36-20)30(41)38-25-10-9-23(28(16-25)31(32,33)34)19-40-13-11-39(2)12-14-40/h3-6,9-10,15-18H,11-14,19H2,1-2H3,(H2,35,37)(H,38,41). The van der Waals surface area contributed by atoms with E-state index >= 15 is 0 Å². The number of pyridine rings is 2. The second-order valence-electron chi connectivity index (χ2n) is 10.1. The number of aryl methyl sites for hydroxylation is 1. The summed E-state index contributed by atoms with van der Waals surface area (Å²) in [4.78, 5) is 25.7. The molecule has 210 valence electrons. The van der Waals surface area contributed by atoms with Crippen LogP contribution in [0.5, 0.6) is 0 Å². The molecule has 0 bridgehead atoms. The molecule has 1 amide bonds. The number of fused-ring (bicyclic) bond motifs is 1. The zero-order valence-electron chi connectivity index (χ0n) is 22.7. The van der Waals surface area contributed by atoms with Crippen LogP contribution in [0.25, 0.3) is 10.8 Å². The predicted octanol–water partition coefficient (Wildman–Crippen LogP) is 4.94. The number of nitrogens with two attached hydrogens (primary N) is 1. The molecule has 0 unspecified atom stereocenters. The van der Waals surface area contributed by atoms with E-state index in [9.17, 15) is 18.0 Å². The third kappa shape index (κ3) is 6.48. The van der Waals surface area contributed by atoms with E-state index in [0.717, 1.165) is 29.9 Å². The van der Waals surface area contributed by atoms with Crippen LogP contribution in [0.1, 0.15) is 38.3 Å². The maximum atomic E-state index is 14.0. The highest BCUT2D eigenvalue weighted by atomic mass is 19.4. The molecule has 1 saturated heterocycles. The summed E-state index contributed by atoms with van der Waals surface area (Å²) in [6.45, 7) is 4.96. The number of halogens is 3. The van der Waals surface area contributed by atoms with Gasteiger partial charge in [0.1, 0.15) is 5.82 Å². The van der Waals surface area contributed by atoms with E-state index in [1.165, 1.54) is 18.3 Å². The fourth-order valence-corrected chi connectivity index (χ4v) is 4.74. The minimum atomic E-state index is -4.56. The van der Waals surface area contributed by atoms with E-state index in [-0.39, 0.29) is 23.4 Å². The van der Waals surface area contributed by atoms with Crippen molar-refractivity contribution in [2.75, 3.05) is 44.3 Å². The van der Waals surface area contributed by atoms with Gasteiger partial charge in [-0.15, -0.1) is 0 Å². The Morgan fingerprint density at radius 1 is 0.976 bits per heavy atom. The lowest BCUT2D eigenvalue weighted by Crippen LogP contribution is -2.44. The molecule has 0 radical (unpaired) electrons. The summed E-state index contributed by atoms with van der Waals surface area (Å²) in [5.74, 6) is 5.95. The summed E-state index contributed by atoms with van der Waals surface area (Å²) < 4.78 is 41.9. The molecule has 0 atom stereocenters. The number of nitrogens with one attached hydrogen (secondary N) is 1. The number of aromatic nitrogens is 2. The maximum absolute atomic E-state index is 14.0. The second kappa shape index (κ2) is 11.6. The number of nitrogens with zero attached hydrogens (tertiary/aromatic N) is 4. The summed E-state index contributed by atoms with van der Waals surface area (Å²) in [5, 5.41) is 4.22. The molecule has 5 rings (SSSR count).